The van der Waals surface area contributed by atoms with Crippen LogP contribution in [0.15, 0.2) is 11.7 Å². The molecule has 1 aromatic rings. The molecular formula is C6H6N2O2S. The van der Waals surface area contributed by atoms with E-state index < -0.39 is 4.92 Å². The highest BCUT2D eigenvalue weighted by Crippen LogP contribution is 2.13. The van der Waals surface area contributed by atoms with Crippen LogP contribution in [0.5, 0.6) is 0 Å². The van der Waals surface area contributed by atoms with Crippen LogP contribution in [0.1, 0.15) is 10.6 Å². The second kappa shape index (κ2) is 3.25. The van der Waals surface area contributed by atoms with Crippen LogP contribution in [-0.4, -0.2) is 9.91 Å². The Bertz CT molecular complexity index is 293. The van der Waals surface area contributed by atoms with Crippen LogP contribution >= 0.6 is 11.3 Å². The first-order valence-electron chi connectivity index (χ1n) is 2.92. The minimum absolute atomic E-state index is 0.487. The van der Waals surface area contributed by atoms with Crippen molar-refractivity contribution in [1.82, 2.24) is 4.98 Å². The van der Waals surface area contributed by atoms with Gasteiger partial charge in [0.25, 0.3) is 0 Å². The highest BCUT2D eigenvalue weighted by molar-refractivity contribution is 7.10. The summed E-state index contributed by atoms with van der Waals surface area (Å²) in [6.07, 6.45) is 2.37. The zero-order valence-electron chi connectivity index (χ0n) is 5.85. The fraction of sp³-hybridized carbons (Fsp3) is 0.167. The number of nitrogens with zero attached hydrogens (tertiary/aromatic N) is 2. The molecule has 0 saturated heterocycles. The van der Waals surface area contributed by atoms with Crippen LogP contribution in [-0.2, 0) is 0 Å². The van der Waals surface area contributed by atoms with Crippen LogP contribution in [0.25, 0.3) is 6.08 Å². The maximum Gasteiger partial charge on any atom is 0.235 e. The van der Waals surface area contributed by atoms with Crippen LogP contribution in [0.4, 0.5) is 0 Å². The molecule has 5 heteroatoms. The van der Waals surface area contributed by atoms with E-state index in [9.17, 15) is 10.1 Å². The fourth-order valence-electron chi connectivity index (χ4n) is 0.600. The van der Waals surface area contributed by atoms with Crippen molar-refractivity contribution in [3.05, 3.63) is 32.4 Å². The molecule has 1 rings (SSSR count). The van der Waals surface area contributed by atoms with Gasteiger partial charge >= 0.3 is 0 Å². The molecule has 0 radical (unpaired) electrons. The Kier molecular flexibility index (Phi) is 2.32. The van der Waals surface area contributed by atoms with E-state index in [1.807, 2.05) is 6.92 Å². The summed E-state index contributed by atoms with van der Waals surface area (Å²) >= 11 is 1.39. The van der Waals surface area contributed by atoms with Gasteiger partial charge in [-0.05, 0) is 6.92 Å². The molecule has 4 nitrogen and oxygen atoms in total. The van der Waals surface area contributed by atoms with Gasteiger partial charge < -0.3 is 0 Å². The van der Waals surface area contributed by atoms with Gasteiger partial charge in [0.2, 0.25) is 6.20 Å². The molecule has 0 fully saturated rings. The lowest BCUT2D eigenvalue weighted by Crippen LogP contribution is -1.81. The monoisotopic (exact) mass is 170 g/mol. The molecule has 0 aromatic carbocycles. The first-order chi connectivity index (χ1) is 5.20. The third-order valence-electron chi connectivity index (χ3n) is 1.13. The van der Waals surface area contributed by atoms with E-state index in [-0.39, 0.29) is 0 Å². The van der Waals surface area contributed by atoms with E-state index in [4.69, 9.17) is 0 Å². The summed E-state index contributed by atoms with van der Waals surface area (Å²) in [5.74, 6) is 0. The van der Waals surface area contributed by atoms with Crippen molar-refractivity contribution in [2.45, 2.75) is 6.92 Å². The van der Waals surface area contributed by atoms with E-state index in [1.54, 1.807) is 5.51 Å². The van der Waals surface area contributed by atoms with Gasteiger partial charge in [0.1, 0.15) is 0 Å². The van der Waals surface area contributed by atoms with Gasteiger partial charge in [-0.1, -0.05) is 0 Å². The van der Waals surface area contributed by atoms with E-state index >= 15 is 0 Å². The van der Waals surface area contributed by atoms with Crippen molar-refractivity contribution in [2.24, 2.45) is 0 Å². The van der Waals surface area contributed by atoms with Crippen LogP contribution in [0.3, 0.4) is 0 Å². The average molecular weight is 170 g/mol. The summed E-state index contributed by atoms with van der Waals surface area (Å²) in [5, 5.41) is 9.91. The van der Waals surface area contributed by atoms with Crippen molar-refractivity contribution in [3.8, 4) is 0 Å². The van der Waals surface area contributed by atoms with Crippen molar-refractivity contribution in [1.29, 1.82) is 0 Å². The average Bonchev–Trinajstić information content (AvgIpc) is 2.31. The smallest absolute Gasteiger partial charge is 0.235 e. The van der Waals surface area contributed by atoms with Gasteiger partial charge in [-0.25, -0.2) is 4.98 Å². The summed E-state index contributed by atoms with van der Waals surface area (Å²) in [6, 6.07) is 0. The Labute approximate surface area is 67.3 Å². The number of aryl methyl sites for hydroxylation is 1. The van der Waals surface area contributed by atoms with Crippen molar-refractivity contribution in [2.75, 3.05) is 0 Å². The molecule has 0 saturated carbocycles. The largest absolute Gasteiger partial charge is 0.259 e. The SMILES string of the molecule is Cc1ncsc1C=C[N+](=O)[O-]. The maximum absolute atomic E-state index is 9.91. The van der Waals surface area contributed by atoms with Crippen LogP contribution < -0.4 is 0 Å². The van der Waals surface area contributed by atoms with Gasteiger partial charge in [0.15, 0.2) is 0 Å². The first-order valence-corrected chi connectivity index (χ1v) is 3.80. The summed E-state index contributed by atoms with van der Waals surface area (Å²) in [7, 11) is 0. The third kappa shape index (κ3) is 2.12. The molecule has 0 unspecified atom stereocenters. The van der Waals surface area contributed by atoms with Crippen molar-refractivity contribution in [3.63, 3.8) is 0 Å². The summed E-state index contributed by atoms with van der Waals surface area (Å²) < 4.78 is 0. The third-order valence-corrected chi connectivity index (χ3v) is 2.03. The quantitative estimate of drug-likeness (QED) is 0.501. The molecule has 0 atom stereocenters. The highest BCUT2D eigenvalue weighted by atomic mass is 32.1. The molecule has 0 amide bonds. The molecule has 11 heavy (non-hydrogen) atoms. The van der Waals surface area contributed by atoms with E-state index in [2.05, 4.69) is 4.98 Å². The normalized spacial score (nSPS) is 10.6. The number of nitro groups is 1. The van der Waals surface area contributed by atoms with Gasteiger partial charge in [0, 0.05) is 6.08 Å². The molecule has 0 aliphatic heterocycles. The minimum atomic E-state index is -0.487. The Balaban J connectivity index is 2.79. The lowest BCUT2D eigenvalue weighted by Gasteiger charge is -1.82. The van der Waals surface area contributed by atoms with Gasteiger partial charge in [-0.15, -0.1) is 11.3 Å². The van der Waals surface area contributed by atoms with Crippen molar-refractivity contribution < 1.29 is 4.92 Å². The number of hydrogen-bond acceptors (Lipinski definition) is 4. The Morgan fingerprint density at radius 2 is 2.55 bits per heavy atom. The number of rotatable bonds is 2. The van der Waals surface area contributed by atoms with Gasteiger partial charge in [-0.2, -0.15) is 0 Å². The summed E-state index contributed by atoms with van der Waals surface area (Å²) in [5.41, 5.74) is 2.49. The molecule has 0 bridgehead atoms. The molecule has 1 aromatic heterocycles. The maximum atomic E-state index is 9.91. The molecule has 58 valence electrons. The zero-order valence-corrected chi connectivity index (χ0v) is 6.67. The highest BCUT2D eigenvalue weighted by Gasteiger charge is 1.97. The van der Waals surface area contributed by atoms with Crippen LogP contribution in [0, 0.1) is 17.0 Å². The molecule has 0 N–H and O–H groups in total. The van der Waals surface area contributed by atoms with Crippen LogP contribution in [0.2, 0.25) is 0 Å². The topological polar surface area (TPSA) is 56.0 Å². The molecule has 0 aliphatic carbocycles. The number of aromatic nitrogens is 1. The Morgan fingerprint density at radius 3 is 3.00 bits per heavy atom. The Hall–Kier alpha value is -1.23. The van der Waals surface area contributed by atoms with Gasteiger partial charge in [-0.3, -0.25) is 10.1 Å². The predicted octanol–water partition coefficient (Wildman–Crippen LogP) is 1.70. The molecule has 1 heterocycles. The summed E-state index contributed by atoms with van der Waals surface area (Å²) in [4.78, 5) is 14.2. The number of hydrogen-bond donors (Lipinski definition) is 0. The van der Waals surface area contributed by atoms with E-state index in [0.717, 1.165) is 16.8 Å². The zero-order chi connectivity index (χ0) is 8.27. The standard InChI is InChI=1S/C6H6N2O2S/c1-5-6(11-4-7-5)2-3-8(9)10/h2-4H,1H3. The second-order valence-electron chi connectivity index (χ2n) is 1.90. The van der Waals surface area contributed by atoms with E-state index in [1.165, 1.54) is 17.4 Å². The number of thiazole rings is 1. The second-order valence-corrected chi connectivity index (χ2v) is 2.79. The minimum Gasteiger partial charge on any atom is -0.259 e. The van der Waals surface area contributed by atoms with Crippen molar-refractivity contribution >= 4 is 17.4 Å². The lowest BCUT2D eigenvalue weighted by atomic mass is 10.4. The predicted molar refractivity (Wildman–Crippen MR) is 42.9 cm³/mol. The summed E-state index contributed by atoms with van der Waals surface area (Å²) in [6.45, 7) is 1.82. The Morgan fingerprint density at radius 1 is 1.82 bits per heavy atom. The molecule has 0 spiro atoms. The molecular weight excluding hydrogens is 164 g/mol. The fourth-order valence-corrected chi connectivity index (χ4v) is 1.29. The van der Waals surface area contributed by atoms with E-state index in [0.29, 0.717) is 0 Å². The lowest BCUT2D eigenvalue weighted by molar-refractivity contribution is -0.400. The first kappa shape index (κ1) is 7.87. The molecule has 0 aliphatic rings. The van der Waals surface area contributed by atoms with Gasteiger partial charge in [0.05, 0.1) is 21.0 Å².